The van der Waals surface area contributed by atoms with Crippen LogP contribution in [0.4, 0.5) is 0 Å². The number of hydrogen-bond acceptors (Lipinski definition) is 8. The van der Waals surface area contributed by atoms with Crippen molar-refractivity contribution in [1.29, 1.82) is 0 Å². The molecule has 0 radical (unpaired) electrons. The lowest BCUT2D eigenvalue weighted by Gasteiger charge is -2.30. The van der Waals surface area contributed by atoms with Crippen LogP contribution in [-0.4, -0.2) is 45.0 Å². The van der Waals surface area contributed by atoms with Crippen molar-refractivity contribution >= 4 is 23.2 Å². The molecule has 0 aliphatic carbocycles. The highest BCUT2D eigenvalue weighted by Crippen LogP contribution is 2.22. The van der Waals surface area contributed by atoms with Crippen LogP contribution in [-0.2, 0) is 16.1 Å². The molecule has 0 aromatic carbocycles. The Morgan fingerprint density at radius 2 is 2.11 bits per heavy atom. The first kappa shape index (κ1) is 18.3. The Morgan fingerprint density at radius 3 is 2.82 bits per heavy atom. The van der Waals surface area contributed by atoms with E-state index in [2.05, 4.69) is 15.1 Å². The molecule has 1 aliphatic heterocycles. The monoisotopic (exact) mass is 398 g/mol. The lowest BCUT2D eigenvalue weighted by molar-refractivity contribution is -0.152. The molecule has 3 aromatic rings. The summed E-state index contributed by atoms with van der Waals surface area (Å²) in [6, 6.07) is 7.27. The Labute approximate surface area is 165 Å². The maximum Gasteiger partial charge on any atom is 0.309 e. The number of esters is 1. The van der Waals surface area contributed by atoms with Crippen molar-refractivity contribution < 1.29 is 18.8 Å². The van der Waals surface area contributed by atoms with E-state index in [0.29, 0.717) is 31.8 Å². The number of ether oxygens (including phenoxy) is 1. The third-order valence-corrected chi connectivity index (χ3v) is 5.43. The summed E-state index contributed by atoms with van der Waals surface area (Å²) in [6.07, 6.45) is 4.46. The van der Waals surface area contributed by atoms with Crippen LogP contribution in [0, 0.1) is 5.92 Å². The largest absolute Gasteiger partial charge is 0.455 e. The molecule has 144 valence electrons. The van der Waals surface area contributed by atoms with Crippen molar-refractivity contribution in [2.75, 3.05) is 13.1 Å². The minimum atomic E-state index is -0.302. The van der Waals surface area contributed by atoms with Gasteiger partial charge in [0.15, 0.2) is 6.61 Å². The number of pyridine rings is 1. The third-order valence-electron chi connectivity index (χ3n) is 4.57. The summed E-state index contributed by atoms with van der Waals surface area (Å²) >= 11 is 1.43. The molecule has 0 bridgehead atoms. The molecule has 3 aromatic heterocycles. The molecule has 1 aliphatic rings. The van der Waals surface area contributed by atoms with Crippen molar-refractivity contribution in [1.82, 2.24) is 20.0 Å². The highest BCUT2D eigenvalue weighted by Gasteiger charge is 2.29. The summed E-state index contributed by atoms with van der Waals surface area (Å²) in [4.78, 5) is 35.4. The second-order valence-electron chi connectivity index (χ2n) is 6.40. The van der Waals surface area contributed by atoms with E-state index in [9.17, 15) is 9.59 Å². The normalized spacial score (nSPS) is 14.8. The third kappa shape index (κ3) is 4.09. The van der Waals surface area contributed by atoms with Gasteiger partial charge in [-0.05, 0) is 36.4 Å². The Kier molecular flexibility index (Phi) is 5.43. The molecule has 4 heterocycles. The summed E-state index contributed by atoms with van der Waals surface area (Å²) in [7, 11) is 0. The van der Waals surface area contributed by atoms with E-state index >= 15 is 0 Å². The minimum absolute atomic E-state index is 0.0237. The molecule has 8 nitrogen and oxygen atoms in total. The quantitative estimate of drug-likeness (QED) is 0.610. The number of carbonyl (C=O) groups is 2. The van der Waals surface area contributed by atoms with Crippen LogP contribution in [0.2, 0.25) is 0 Å². The number of aromatic nitrogens is 3. The summed E-state index contributed by atoms with van der Waals surface area (Å²) in [6.45, 7) is 1.02. The number of piperidine rings is 1. The number of carbonyl (C=O) groups excluding carboxylic acids is 2. The molecule has 0 spiro atoms. The van der Waals surface area contributed by atoms with E-state index in [4.69, 9.17) is 9.26 Å². The molecule has 0 atom stereocenters. The lowest BCUT2D eigenvalue weighted by Crippen LogP contribution is -2.40. The molecule has 0 unspecified atom stereocenters. The van der Waals surface area contributed by atoms with Crippen LogP contribution >= 0.6 is 11.3 Å². The van der Waals surface area contributed by atoms with Gasteiger partial charge in [-0.1, -0.05) is 11.2 Å². The van der Waals surface area contributed by atoms with Crippen LogP contribution < -0.4 is 0 Å². The second kappa shape index (κ2) is 8.30. The minimum Gasteiger partial charge on any atom is -0.455 e. The predicted octanol–water partition coefficient (Wildman–Crippen LogP) is 2.79. The maximum absolute atomic E-state index is 12.4. The van der Waals surface area contributed by atoms with Gasteiger partial charge in [-0.3, -0.25) is 14.6 Å². The zero-order valence-electron chi connectivity index (χ0n) is 15.0. The van der Waals surface area contributed by atoms with Crippen molar-refractivity contribution in [3.63, 3.8) is 0 Å². The molecule has 0 saturated carbocycles. The number of nitrogens with zero attached hydrogens (tertiary/aromatic N) is 4. The molecule has 28 heavy (non-hydrogen) atoms. The van der Waals surface area contributed by atoms with E-state index in [1.807, 2.05) is 23.6 Å². The zero-order chi connectivity index (χ0) is 19.3. The molecule has 1 saturated heterocycles. The summed E-state index contributed by atoms with van der Waals surface area (Å²) in [5.74, 6) is 0.130. The second-order valence-corrected chi connectivity index (χ2v) is 7.35. The summed E-state index contributed by atoms with van der Waals surface area (Å²) in [5.41, 5.74) is 0.728. The standard InChI is InChI=1S/C19H18N4O4S/c24-18(15-4-2-10-28-15)23-8-5-13(6-9-23)19(25)26-12-16-21-17(22-27-16)14-3-1-7-20-11-14/h1-4,7,10-11,13H,5-6,8-9,12H2. The first-order valence-corrected chi connectivity index (χ1v) is 9.81. The van der Waals surface area contributed by atoms with Gasteiger partial charge in [0.2, 0.25) is 5.82 Å². The summed E-state index contributed by atoms with van der Waals surface area (Å²) < 4.78 is 10.5. The first-order chi connectivity index (χ1) is 13.7. The summed E-state index contributed by atoms with van der Waals surface area (Å²) in [5, 5.41) is 5.75. The molecule has 4 rings (SSSR count). The van der Waals surface area contributed by atoms with Crippen molar-refractivity contribution in [2.45, 2.75) is 19.4 Å². The number of likely N-dealkylation sites (tertiary alicyclic amines) is 1. The molecule has 9 heteroatoms. The fraction of sp³-hybridized carbons (Fsp3) is 0.316. The van der Waals surface area contributed by atoms with Gasteiger partial charge in [-0.15, -0.1) is 11.3 Å². The van der Waals surface area contributed by atoms with Gasteiger partial charge in [0.05, 0.1) is 10.8 Å². The van der Waals surface area contributed by atoms with Crippen LogP contribution in [0.25, 0.3) is 11.4 Å². The fourth-order valence-electron chi connectivity index (χ4n) is 3.05. The highest BCUT2D eigenvalue weighted by molar-refractivity contribution is 7.12. The van der Waals surface area contributed by atoms with Gasteiger partial charge >= 0.3 is 5.97 Å². The van der Waals surface area contributed by atoms with Gasteiger partial charge in [0.1, 0.15) is 0 Å². The van der Waals surface area contributed by atoms with Gasteiger partial charge in [-0.25, -0.2) is 0 Å². The SMILES string of the molecule is O=C(OCc1nc(-c2cccnc2)no1)C1CCN(C(=O)c2cccs2)CC1. The average Bonchev–Trinajstić information content (AvgIpc) is 3.44. The van der Waals surface area contributed by atoms with Crippen molar-refractivity contribution in [3.8, 4) is 11.4 Å². The topological polar surface area (TPSA) is 98.4 Å². The van der Waals surface area contributed by atoms with Crippen LogP contribution in [0.5, 0.6) is 0 Å². The van der Waals surface area contributed by atoms with Crippen molar-refractivity contribution in [2.24, 2.45) is 5.92 Å². The number of amides is 1. The van der Waals surface area contributed by atoms with Crippen LogP contribution in [0.15, 0.2) is 46.6 Å². The molecular weight excluding hydrogens is 380 g/mol. The van der Waals surface area contributed by atoms with E-state index in [-0.39, 0.29) is 30.3 Å². The Balaban J connectivity index is 1.26. The predicted molar refractivity (Wildman–Crippen MR) is 100 cm³/mol. The molecular formula is C19H18N4O4S. The zero-order valence-corrected chi connectivity index (χ0v) is 15.8. The number of thiophene rings is 1. The highest BCUT2D eigenvalue weighted by atomic mass is 32.1. The fourth-order valence-corrected chi connectivity index (χ4v) is 3.74. The van der Waals surface area contributed by atoms with E-state index in [1.54, 1.807) is 23.4 Å². The van der Waals surface area contributed by atoms with Gasteiger partial charge in [0.25, 0.3) is 11.8 Å². The van der Waals surface area contributed by atoms with Crippen molar-refractivity contribution in [3.05, 3.63) is 52.8 Å². The lowest BCUT2D eigenvalue weighted by atomic mass is 9.97. The average molecular weight is 398 g/mol. The number of hydrogen-bond donors (Lipinski definition) is 0. The van der Waals surface area contributed by atoms with Crippen LogP contribution in [0.1, 0.15) is 28.4 Å². The van der Waals surface area contributed by atoms with E-state index < -0.39 is 0 Å². The molecule has 0 N–H and O–H groups in total. The Bertz CT molecular complexity index is 934. The first-order valence-electron chi connectivity index (χ1n) is 8.93. The number of rotatable bonds is 5. The maximum atomic E-state index is 12.4. The molecule has 1 fully saturated rings. The Morgan fingerprint density at radius 1 is 1.25 bits per heavy atom. The van der Waals surface area contributed by atoms with Gasteiger partial charge in [-0.2, -0.15) is 4.98 Å². The van der Waals surface area contributed by atoms with Crippen LogP contribution in [0.3, 0.4) is 0 Å². The Hall–Kier alpha value is -3.07. The van der Waals surface area contributed by atoms with E-state index in [1.165, 1.54) is 11.3 Å². The molecule has 1 amide bonds. The smallest absolute Gasteiger partial charge is 0.309 e. The van der Waals surface area contributed by atoms with Gasteiger partial charge in [0, 0.05) is 31.0 Å². The van der Waals surface area contributed by atoms with Gasteiger partial charge < -0.3 is 14.2 Å². The van der Waals surface area contributed by atoms with E-state index in [0.717, 1.165) is 10.4 Å².